The molecular weight excluding hydrogens is 126 g/mol. The summed E-state index contributed by atoms with van der Waals surface area (Å²) in [5.74, 6) is 0.877. The smallest absolute Gasteiger partial charge is 0.155 e. The normalized spacial score (nSPS) is 16.2. The fourth-order valence-electron chi connectivity index (χ4n) is 0.770. The van der Waals surface area contributed by atoms with E-state index in [2.05, 4.69) is 17.1 Å². The Labute approximate surface area is 60.7 Å². The minimum atomic E-state index is 0.877. The van der Waals surface area contributed by atoms with E-state index in [1.807, 2.05) is 25.1 Å². The molecular formula is C7H11N3. The van der Waals surface area contributed by atoms with Gasteiger partial charge in [-0.1, -0.05) is 6.58 Å². The van der Waals surface area contributed by atoms with E-state index in [4.69, 9.17) is 0 Å². The van der Waals surface area contributed by atoms with E-state index in [1.165, 1.54) is 0 Å². The zero-order valence-corrected chi connectivity index (χ0v) is 6.26. The lowest BCUT2D eigenvalue weighted by Gasteiger charge is -2.17. The van der Waals surface area contributed by atoms with Gasteiger partial charge in [-0.25, -0.2) is 0 Å². The Morgan fingerprint density at radius 2 is 2.30 bits per heavy atom. The van der Waals surface area contributed by atoms with Crippen molar-refractivity contribution in [3.05, 3.63) is 24.4 Å². The standard InChI is InChI=1S/C7H11N3/c1-6-4-5-8-9-7(6)10(2)3/h4-5,8H,1H2,2-3H3. The molecule has 0 aromatic carbocycles. The highest BCUT2D eigenvalue weighted by molar-refractivity contribution is 6.00. The molecule has 1 aliphatic rings. The van der Waals surface area contributed by atoms with Crippen LogP contribution in [-0.2, 0) is 0 Å². The van der Waals surface area contributed by atoms with E-state index >= 15 is 0 Å². The van der Waals surface area contributed by atoms with Gasteiger partial charge in [-0.2, -0.15) is 5.10 Å². The highest BCUT2D eigenvalue weighted by atomic mass is 15.3. The Morgan fingerprint density at radius 1 is 1.60 bits per heavy atom. The monoisotopic (exact) mass is 137 g/mol. The van der Waals surface area contributed by atoms with Crippen molar-refractivity contribution in [2.45, 2.75) is 0 Å². The summed E-state index contributed by atoms with van der Waals surface area (Å²) in [6.45, 7) is 3.82. The topological polar surface area (TPSA) is 27.6 Å². The maximum Gasteiger partial charge on any atom is 0.155 e. The maximum absolute atomic E-state index is 4.02. The SMILES string of the molecule is C=C1C=CNN=C1N(C)C. The van der Waals surface area contributed by atoms with Crippen LogP contribution in [0, 0.1) is 0 Å². The lowest BCUT2D eigenvalue weighted by molar-refractivity contribution is 0.613. The number of likely N-dealkylation sites (N-methyl/N-ethyl adjacent to an activating group) is 1. The molecule has 0 unspecified atom stereocenters. The third-order valence-corrected chi connectivity index (χ3v) is 1.24. The molecule has 0 fully saturated rings. The summed E-state index contributed by atoms with van der Waals surface area (Å²) < 4.78 is 0. The number of amidine groups is 1. The highest BCUT2D eigenvalue weighted by Crippen LogP contribution is 2.02. The van der Waals surface area contributed by atoms with Crippen molar-refractivity contribution in [3.63, 3.8) is 0 Å². The quantitative estimate of drug-likeness (QED) is 0.527. The number of hydrogen-bond acceptors (Lipinski definition) is 3. The fraction of sp³-hybridized carbons (Fsp3) is 0.286. The van der Waals surface area contributed by atoms with Crippen molar-refractivity contribution in [2.75, 3.05) is 14.1 Å². The van der Waals surface area contributed by atoms with Crippen LogP contribution in [0.15, 0.2) is 29.5 Å². The zero-order valence-electron chi connectivity index (χ0n) is 6.26. The van der Waals surface area contributed by atoms with Gasteiger partial charge in [0.25, 0.3) is 0 Å². The molecule has 0 saturated heterocycles. The minimum absolute atomic E-state index is 0.877. The molecule has 0 atom stereocenters. The largest absolute Gasteiger partial charge is 0.361 e. The first-order chi connectivity index (χ1) is 4.72. The van der Waals surface area contributed by atoms with Gasteiger partial charge in [0.15, 0.2) is 5.84 Å². The summed E-state index contributed by atoms with van der Waals surface area (Å²) in [5, 5.41) is 4.02. The van der Waals surface area contributed by atoms with Gasteiger partial charge in [0.05, 0.1) is 0 Å². The van der Waals surface area contributed by atoms with E-state index in [9.17, 15) is 0 Å². The molecule has 0 amide bonds. The molecule has 0 bridgehead atoms. The van der Waals surface area contributed by atoms with Crippen molar-refractivity contribution in [1.82, 2.24) is 10.3 Å². The van der Waals surface area contributed by atoms with Crippen LogP contribution in [0.2, 0.25) is 0 Å². The summed E-state index contributed by atoms with van der Waals surface area (Å²) in [4.78, 5) is 1.92. The third kappa shape index (κ3) is 1.18. The third-order valence-electron chi connectivity index (χ3n) is 1.24. The van der Waals surface area contributed by atoms with E-state index in [-0.39, 0.29) is 0 Å². The Kier molecular flexibility index (Phi) is 1.76. The summed E-state index contributed by atoms with van der Waals surface area (Å²) in [6.07, 6.45) is 3.65. The summed E-state index contributed by atoms with van der Waals surface area (Å²) >= 11 is 0. The second-order valence-corrected chi connectivity index (χ2v) is 2.32. The minimum Gasteiger partial charge on any atom is -0.361 e. The molecule has 54 valence electrons. The number of nitrogens with one attached hydrogen (secondary N) is 1. The number of hydrogen-bond donors (Lipinski definition) is 1. The zero-order chi connectivity index (χ0) is 7.56. The first-order valence-corrected chi connectivity index (χ1v) is 3.08. The lowest BCUT2D eigenvalue weighted by atomic mass is 10.2. The molecule has 0 aliphatic carbocycles. The number of hydrazone groups is 1. The molecule has 1 rings (SSSR count). The molecule has 0 spiro atoms. The molecule has 0 aromatic rings. The second kappa shape index (κ2) is 2.56. The van der Waals surface area contributed by atoms with Crippen LogP contribution in [0.3, 0.4) is 0 Å². The number of nitrogens with zero attached hydrogens (tertiary/aromatic N) is 2. The predicted molar refractivity (Wildman–Crippen MR) is 42.5 cm³/mol. The van der Waals surface area contributed by atoms with E-state index in [1.54, 1.807) is 6.20 Å². The molecule has 0 saturated carbocycles. The van der Waals surface area contributed by atoms with Gasteiger partial charge in [0.1, 0.15) is 0 Å². The average molecular weight is 137 g/mol. The molecule has 10 heavy (non-hydrogen) atoms. The van der Waals surface area contributed by atoms with Gasteiger partial charge in [-0.15, -0.1) is 0 Å². The van der Waals surface area contributed by atoms with Gasteiger partial charge >= 0.3 is 0 Å². The van der Waals surface area contributed by atoms with E-state index in [0.29, 0.717) is 0 Å². The molecule has 3 nitrogen and oxygen atoms in total. The molecule has 0 radical (unpaired) electrons. The first-order valence-electron chi connectivity index (χ1n) is 3.08. The molecule has 3 heteroatoms. The number of rotatable bonds is 0. The average Bonchev–Trinajstić information content (AvgIpc) is 1.88. The maximum atomic E-state index is 4.02. The Morgan fingerprint density at radius 3 is 2.70 bits per heavy atom. The second-order valence-electron chi connectivity index (χ2n) is 2.32. The van der Waals surface area contributed by atoms with Crippen LogP contribution >= 0.6 is 0 Å². The molecule has 1 aliphatic heterocycles. The first kappa shape index (κ1) is 6.86. The van der Waals surface area contributed by atoms with Crippen LogP contribution in [-0.4, -0.2) is 24.8 Å². The Balaban J connectivity index is 2.76. The van der Waals surface area contributed by atoms with Gasteiger partial charge in [-0.05, 0) is 6.08 Å². The van der Waals surface area contributed by atoms with Gasteiger partial charge in [0.2, 0.25) is 0 Å². The lowest BCUT2D eigenvalue weighted by Crippen LogP contribution is -2.26. The van der Waals surface area contributed by atoms with Gasteiger partial charge in [0, 0.05) is 25.9 Å². The molecule has 0 aromatic heterocycles. The van der Waals surface area contributed by atoms with Crippen LogP contribution in [0.25, 0.3) is 0 Å². The highest BCUT2D eigenvalue weighted by Gasteiger charge is 2.05. The van der Waals surface area contributed by atoms with Crippen molar-refractivity contribution < 1.29 is 0 Å². The van der Waals surface area contributed by atoms with Crippen LogP contribution in [0.5, 0.6) is 0 Å². The van der Waals surface area contributed by atoms with Crippen LogP contribution in [0.4, 0.5) is 0 Å². The molecule has 1 N–H and O–H groups in total. The predicted octanol–water partition coefficient (Wildman–Crippen LogP) is 0.535. The van der Waals surface area contributed by atoms with Crippen molar-refractivity contribution >= 4 is 5.84 Å². The van der Waals surface area contributed by atoms with Crippen molar-refractivity contribution in [1.29, 1.82) is 0 Å². The van der Waals surface area contributed by atoms with Crippen LogP contribution in [0.1, 0.15) is 0 Å². The summed E-state index contributed by atoms with van der Waals surface area (Å²) in [7, 11) is 3.87. The van der Waals surface area contributed by atoms with Gasteiger partial charge in [-0.3, -0.25) is 5.43 Å². The van der Waals surface area contributed by atoms with Crippen LogP contribution < -0.4 is 5.43 Å². The van der Waals surface area contributed by atoms with Crippen molar-refractivity contribution in [3.8, 4) is 0 Å². The molecule has 1 heterocycles. The van der Waals surface area contributed by atoms with E-state index in [0.717, 1.165) is 11.4 Å². The Bertz CT molecular complexity index is 201. The fourth-order valence-corrected chi connectivity index (χ4v) is 0.770. The van der Waals surface area contributed by atoms with E-state index < -0.39 is 0 Å². The van der Waals surface area contributed by atoms with Gasteiger partial charge < -0.3 is 4.90 Å². The summed E-state index contributed by atoms with van der Waals surface area (Å²) in [5.41, 5.74) is 3.69. The van der Waals surface area contributed by atoms with Crippen molar-refractivity contribution in [2.24, 2.45) is 5.10 Å². The summed E-state index contributed by atoms with van der Waals surface area (Å²) in [6, 6.07) is 0. The Hall–Kier alpha value is -1.25.